The average molecular weight is 256 g/mol. The van der Waals surface area contributed by atoms with Crippen LogP contribution in [0.15, 0.2) is 67.3 Å². The highest BCUT2D eigenvalue weighted by Crippen LogP contribution is 2.37. The third kappa shape index (κ3) is 1.42. The molecule has 4 aromatic rings. The first kappa shape index (κ1) is 11.5. The van der Waals surface area contributed by atoms with Gasteiger partial charge in [0.25, 0.3) is 0 Å². The second kappa shape index (κ2) is 4.08. The van der Waals surface area contributed by atoms with E-state index in [4.69, 9.17) is 0 Å². The summed E-state index contributed by atoms with van der Waals surface area (Å²) in [5, 5.41) is 8.11. The third-order valence-corrected chi connectivity index (χ3v) is 4.41. The molecule has 0 nitrogen and oxygen atoms in total. The Labute approximate surface area is 118 Å². The predicted molar refractivity (Wildman–Crippen MR) is 88.8 cm³/mol. The monoisotopic (exact) mass is 256 g/mol. The molecular weight excluding hydrogens is 240 g/mol. The summed E-state index contributed by atoms with van der Waals surface area (Å²) in [5.74, 6) is 0.375. The Bertz CT molecular complexity index is 915. The van der Waals surface area contributed by atoms with Crippen LogP contribution in [-0.2, 0) is 0 Å². The molecule has 0 heterocycles. The molecule has 0 N–H and O–H groups in total. The Kier molecular flexibility index (Phi) is 2.34. The van der Waals surface area contributed by atoms with E-state index in [1.807, 2.05) is 6.08 Å². The molecule has 1 atom stereocenters. The normalized spacial score (nSPS) is 13.2. The maximum atomic E-state index is 3.95. The Morgan fingerprint density at radius 1 is 0.800 bits per heavy atom. The second-order valence-corrected chi connectivity index (χ2v) is 5.54. The van der Waals surface area contributed by atoms with Crippen LogP contribution in [0.1, 0.15) is 18.4 Å². The molecule has 0 radical (unpaired) electrons. The smallest absolute Gasteiger partial charge is 0.000695 e. The molecule has 0 aliphatic carbocycles. The van der Waals surface area contributed by atoms with Crippen LogP contribution in [0.2, 0.25) is 0 Å². The van der Waals surface area contributed by atoms with Gasteiger partial charge in [-0.05, 0) is 43.8 Å². The first-order valence-electron chi connectivity index (χ1n) is 7.08. The minimum absolute atomic E-state index is 0.375. The lowest BCUT2D eigenvalue weighted by Gasteiger charge is -2.15. The second-order valence-electron chi connectivity index (χ2n) is 5.54. The van der Waals surface area contributed by atoms with Gasteiger partial charge in [0.15, 0.2) is 0 Å². The van der Waals surface area contributed by atoms with Crippen molar-refractivity contribution in [2.75, 3.05) is 0 Å². The van der Waals surface area contributed by atoms with Crippen molar-refractivity contribution >= 4 is 32.3 Å². The molecule has 20 heavy (non-hydrogen) atoms. The van der Waals surface area contributed by atoms with Crippen LogP contribution in [0.3, 0.4) is 0 Å². The molecule has 4 rings (SSSR count). The summed E-state index contributed by atoms with van der Waals surface area (Å²) in [5.41, 5.74) is 1.37. The minimum atomic E-state index is 0.375. The SMILES string of the molecule is C=CC(C)c1ccc2ccc3cccc4ccc1c2c34. The van der Waals surface area contributed by atoms with Gasteiger partial charge in [-0.2, -0.15) is 0 Å². The fourth-order valence-electron chi connectivity index (χ4n) is 3.28. The zero-order chi connectivity index (χ0) is 13.7. The molecule has 0 fully saturated rings. The van der Waals surface area contributed by atoms with Gasteiger partial charge in [-0.15, -0.1) is 6.58 Å². The fraction of sp³-hybridized carbons (Fsp3) is 0.100. The molecule has 0 aromatic heterocycles. The van der Waals surface area contributed by atoms with Gasteiger partial charge in [-0.3, -0.25) is 0 Å². The first-order chi connectivity index (χ1) is 9.79. The van der Waals surface area contributed by atoms with E-state index in [2.05, 4.69) is 68.1 Å². The Morgan fingerprint density at radius 2 is 1.40 bits per heavy atom. The number of benzene rings is 4. The van der Waals surface area contributed by atoms with Crippen molar-refractivity contribution in [1.82, 2.24) is 0 Å². The zero-order valence-electron chi connectivity index (χ0n) is 11.6. The van der Waals surface area contributed by atoms with Crippen LogP contribution in [0.5, 0.6) is 0 Å². The highest BCUT2D eigenvalue weighted by molar-refractivity contribution is 6.23. The largest absolute Gasteiger partial charge is 0.102 e. The lowest BCUT2D eigenvalue weighted by molar-refractivity contribution is 0.985. The molecule has 0 amide bonds. The first-order valence-corrected chi connectivity index (χ1v) is 7.08. The van der Waals surface area contributed by atoms with E-state index in [9.17, 15) is 0 Å². The van der Waals surface area contributed by atoms with E-state index in [1.54, 1.807) is 0 Å². The lowest BCUT2D eigenvalue weighted by Crippen LogP contribution is -1.92. The molecule has 0 saturated carbocycles. The summed E-state index contributed by atoms with van der Waals surface area (Å²) >= 11 is 0. The van der Waals surface area contributed by atoms with Gasteiger partial charge in [0, 0.05) is 0 Å². The Morgan fingerprint density at radius 3 is 2.10 bits per heavy atom. The van der Waals surface area contributed by atoms with Crippen molar-refractivity contribution in [3.8, 4) is 0 Å². The van der Waals surface area contributed by atoms with Crippen molar-refractivity contribution in [3.05, 3.63) is 72.8 Å². The number of allylic oxidation sites excluding steroid dienone is 1. The van der Waals surface area contributed by atoms with Gasteiger partial charge in [0.2, 0.25) is 0 Å². The van der Waals surface area contributed by atoms with Gasteiger partial charge in [-0.25, -0.2) is 0 Å². The summed E-state index contributed by atoms with van der Waals surface area (Å²) in [7, 11) is 0. The lowest BCUT2D eigenvalue weighted by atomic mass is 9.88. The number of rotatable bonds is 2. The predicted octanol–water partition coefficient (Wildman–Crippen LogP) is 5.87. The molecule has 4 aromatic carbocycles. The van der Waals surface area contributed by atoms with Crippen LogP contribution >= 0.6 is 0 Å². The average Bonchev–Trinajstić information content (AvgIpc) is 2.51. The molecular formula is C20H16. The van der Waals surface area contributed by atoms with Crippen LogP contribution in [0.4, 0.5) is 0 Å². The highest BCUT2D eigenvalue weighted by atomic mass is 14.2. The van der Waals surface area contributed by atoms with E-state index in [-0.39, 0.29) is 0 Å². The summed E-state index contributed by atoms with van der Waals surface area (Å²) in [4.78, 5) is 0. The Balaban J connectivity index is 2.29. The molecule has 0 heteroatoms. The minimum Gasteiger partial charge on any atom is -0.102 e. The number of hydrogen-bond acceptors (Lipinski definition) is 0. The van der Waals surface area contributed by atoms with E-state index in [1.165, 1.54) is 37.9 Å². The van der Waals surface area contributed by atoms with Gasteiger partial charge in [0.05, 0.1) is 0 Å². The van der Waals surface area contributed by atoms with Gasteiger partial charge >= 0.3 is 0 Å². The molecule has 0 bridgehead atoms. The molecule has 96 valence electrons. The van der Waals surface area contributed by atoms with Crippen LogP contribution in [0.25, 0.3) is 32.3 Å². The van der Waals surface area contributed by atoms with Gasteiger partial charge in [0.1, 0.15) is 0 Å². The summed E-state index contributed by atoms with van der Waals surface area (Å²) in [6.45, 7) is 6.15. The van der Waals surface area contributed by atoms with Crippen molar-refractivity contribution < 1.29 is 0 Å². The van der Waals surface area contributed by atoms with Gasteiger partial charge in [-0.1, -0.05) is 67.6 Å². The molecule has 0 spiro atoms. The van der Waals surface area contributed by atoms with Crippen molar-refractivity contribution in [2.24, 2.45) is 0 Å². The van der Waals surface area contributed by atoms with E-state index >= 15 is 0 Å². The van der Waals surface area contributed by atoms with Crippen molar-refractivity contribution in [2.45, 2.75) is 12.8 Å². The van der Waals surface area contributed by atoms with Crippen molar-refractivity contribution in [1.29, 1.82) is 0 Å². The summed E-state index contributed by atoms with van der Waals surface area (Å²) in [6.07, 6.45) is 2.02. The van der Waals surface area contributed by atoms with E-state index in [0.717, 1.165) is 0 Å². The summed E-state index contributed by atoms with van der Waals surface area (Å²) < 4.78 is 0. The zero-order valence-corrected chi connectivity index (χ0v) is 11.6. The fourth-order valence-corrected chi connectivity index (χ4v) is 3.28. The topological polar surface area (TPSA) is 0 Å². The molecule has 0 aliphatic rings. The number of hydrogen-bond donors (Lipinski definition) is 0. The Hall–Kier alpha value is -2.34. The molecule has 0 saturated heterocycles. The van der Waals surface area contributed by atoms with Crippen LogP contribution in [-0.4, -0.2) is 0 Å². The standard InChI is InChI=1S/C20H16/c1-3-13(2)17-11-9-16-8-7-14-5-4-6-15-10-12-18(17)20(16)19(14)15/h3-13H,1H2,2H3. The maximum absolute atomic E-state index is 3.95. The van der Waals surface area contributed by atoms with E-state index < -0.39 is 0 Å². The quantitative estimate of drug-likeness (QED) is 0.310. The third-order valence-electron chi connectivity index (χ3n) is 4.41. The molecule has 0 aliphatic heterocycles. The summed E-state index contributed by atoms with van der Waals surface area (Å²) in [6, 6.07) is 20.0. The van der Waals surface area contributed by atoms with E-state index in [0.29, 0.717) is 5.92 Å². The maximum Gasteiger partial charge on any atom is -0.000695 e. The van der Waals surface area contributed by atoms with Crippen LogP contribution in [0, 0.1) is 0 Å². The molecule has 1 unspecified atom stereocenters. The van der Waals surface area contributed by atoms with Crippen LogP contribution < -0.4 is 0 Å². The van der Waals surface area contributed by atoms with Gasteiger partial charge < -0.3 is 0 Å². The highest BCUT2D eigenvalue weighted by Gasteiger charge is 2.12. The van der Waals surface area contributed by atoms with Crippen molar-refractivity contribution in [3.63, 3.8) is 0 Å².